The zero-order valence-electron chi connectivity index (χ0n) is 11.8. The zero-order valence-corrected chi connectivity index (χ0v) is 13.3. The van der Waals surface area contributed by atoms with Crippen LogP contribution < -0.4 is 0 Å². The summed E-state index contributed by atoms with van der Waals surface area (Å²) in [6.07, 6.45) is 2.59. The summed E-state index contributed by atoms with van der Waals surface area (Å²) in [6.45, 7) is 0. The van der Waals surface area contributed by atoms with Crippen molar-refractivity contribution in [3.05, 3.63) is 75.1 Å². The lowest BCUT2D eigenvalue weighted by atomic mass is 10.1. The highest BCUT2D eigenvalue weighted by Crippen LogP contribution is 2.28. The number of fused-ring (bicyclic) bond motifs is 3. The first-order chi connectivity index (χ1) is 11.1. The quantitative estimate of drug-likeness (QED) is 0.400. The molecule has 0 aliphatic heterocycles. The number of para-hydroxylation sites is 1. The summed E-state index contributed by atoms with van der Waals surface area (Å²) < 4.78 is 3.27. The summed E-state index contributed by atoms with van der Waals surface area (Å²) in [5.41, 5.74) is 2.86. The number of benzene rings is 2. The average Bonchev–Trinajstić information content (AvgIpc) is 3.04. The number of imidazole rings is 1. The van der Waals surface area contributed by atoms with Crippen LogP contribution in [0, 0.1) is 10.1 Å². The summed E-state index contributed by atoms with van der Waals surface area (Å²) in [7, 11) is 0. The van der Waals surface area contributed by atoms with Gasteiger partial charge < -0.3 is 0 Å². The third-order valence-corrected chi connectivity index (χ3v) is 4.98. The van der Waals surface area contributed by atoms with E-state index in [0.29, 0.717) is 6.42 Å². The lowest BCUT2D eigenvalue weighted by molar-refractivity contribution is -0.384. The molecular weight excluding hydrogens is 334 g/mol. The highest BCUT2D eigenvalue weighted by atomic mass is 35.5. The Hall–Kier alpha value is -2.44. The number of aromatic nitrogens is 2. The van der Waals surface area contributed by atoms with Crippen LogP contribution in [0.5, 0.6) is 0 Å². The van der Waals surface area contributed by atoms with Crippen LogP contribution in [0.1, 0.15) is 11.3 Å². The number of halogens is 1. The lowest BCUT2D eigenvalue weighted by Gasteiger charge is -2.00. The minimum absolute atomic E-state index is 0.0766. The van der Waals surface area contributed by atoms with Crippen LogP contribution in [0.15, 0.2) is 48.7 Å². The van der Waals surface area contributed by atoms with E-state index in [2.05, 4.69) is 21.5 Å². The van der Waals surface area contributed by atoms with E-state index in [1.807, 2.05) is 18.3 Å². The van der Waals surface area contributed by atoms with Gasteiger partial charge in [-0.05, 0) is 23.8 Å². The van der Waals surface area contributed by atoms with Crippen LogP contribution >= 0.6 is 22.9 Å². The molecule has 0 spiro atoms. The molecule has 23 heavy (non-hydrogen) atoms. The van der Waals surface area contributed by atoms with Crippen molar-refractivity contribution in [1.82, 2.24) is 9.38 Å². The highest BCUT2D eigenvalue weighted by Gasteiger charge is 2.13. The van der Waals surface area contributed by atoms with Crippen molar-refractivity contribution in [1.29, 1.82) is 0 Å². The van der Waals surface area contributed by atoms with Gasteiger partial charge in [-0.25, -0.2) is 4.98 Å². The van der Waals surface area contributed by atoms with Crippen molar-refractivity contribution in [2.24, 2.45) is 0 Å². The van der Waals surface area contributed by atoms with E-state index in [0.717, 1.165) is 21.7 Å². The standard InChI is InChI=1S/C16H10ClN3O2S/c17-12-8-10(5-6-13(12)20(21)22)7-11-9-19-14-3-1-2-4-15(14)23-16(19)18-11/h1-6,8-9H,7H2. The molecule has 2 heterocycles. The fourth-order valence-corrected chi connectivity index (χ4v) is 3.90. The Labute approximate surface area is 139 Å². The van der Waals surface area contributed by atoms with Crippen molar-refractivity contribution in [2.45, 2.75) is 6.42 Å². The number of nitrogens with zero attached hydrogens (tertiary/aromatic N) is 3. The van der Waals surface area contributed by atoms with Crippen molar-refractivity contribution >= 4 is 43.8 Å². The first kappa shape index (κ1) is 14.2. The Kier molecular flexibility index (Phi) is 3.28. The van der Waals surface area contributed by atoms with Crippen molar-refractivity contribution in [3.63, 3.8) is 0 Å². The van der Waals surface area contributed by atoms with Crippen molar-refractivity contribution in [3.8, 4) is 0 Å². The second kappa shape index (κ2) is 5.33. The second-order valence-electron chi connectivity index (χ2n) is 5.17. The average molecular weight is 344 g/mol. The van der Waals surface area contributed by atoms with Gasteiger partial charge in [0.15, 0.2) is 4.96 Å². The van der Waals surface area contributed by atoms with Gasteiger partial charge in [-0.2, -0.15) is 0 Å². The van der Waals surface area contributed by atoms with Gasteiger partial charge in [-0.1, -0.05) is 41.1 Å². The van der Waals surface area contributed by atoms with Gasteiger partial charge in [0, 0.05) is 18.7 Å². The molecule has 0 aliphatic carbocycles. The van der Waals surface area contributed by atoms with Gasteiger partial charge in [0.1, 0.15) is 5.02 Å². The molecule has 7 heteroatoms. The SMILES string of the molecule is O=[N+]([O-])c1ccc(Cc2cn3c(n2)sc2ccccc23)cc1Cl. The maximum atomic E-state index is 10.8. The van der Waals surface area contributed by atoms with E-state index in [4.69, 9.17) is 11.6 Å². The molecule has 0 aliphatic rings. The molecule has 5 nitrogen and oxygen atoms in total. The third-order valence-electron chi connectivity index (χ3n) is 3.64. The third kappa shape index (κ3) is 2.46. The molecule has 0 saturated carbocycles. The van der Waals surface area contributed by atoms with Gasteiger partial charge in [-0.15, -0.1) is 0 Å². The Morgan fingerprint density at radius 1 is 1.26 bits per heavy atom. The number of nitro benzene ring substituents is 1. The number of thiazole rings is 1. The van der Waals surface area contributed by atoms with E-state index in [9.17, 15) is 10.1 Å². The molecule has 0 radical (unpaired) electrons. The predicted molar refractivity (Wildman–Crippen MR) is 91.5 cm³/mol. The van der Waals surface area contributed by atoms with Gasteiger partial charge >= 0.3 is 0 Å². The molecule has 0 fully saturated rings. The molecular formula is C16H10ClN3O2S. The van der Waals surface area contributed by atoms with Crippen LogP contribution in [0.3, 0.4) is 0 Å². The Morgan fingerprint density at radius 2 is 2.09 bits per heavy atom. The number of rotatable bonds is 3. The van der Waals surface area contributed by atoms with Crippen LogP contribution in [-0.2, 0) is 6.42 Å². The maximum absolute atomic E-state index is 10.8. The van der Waals surface area contributed by atoms with Crippen LogP contribution in [-0.4, -0.2) is 14.3 Å². The van der Waals surface area contributed by atoms with Gasteiger partial charge in [0.25, 0.3) is 5.69 Å². The van der Waals surface area contributed by atoms with Crippen molar-refractivity contribution < 1.29 is 4.92 Å². The molecule has 2 aromatic heterocycles. The van der Waals surface area contributed by atoms with Crippen LogP contribution in [0.25, 0.3) is 15.2 Å². The number of hydrogen-bond donors (Lipinski definition) is 0. The number of nitro groups is 1. The van der Waals surface area contributed by atoms with Gasteiger partial charge in [-0.3, -0.25) is 14.5 Å². The normalized spacial score (nSPS) is 11.3. The first-order valence-corrected chi connectivity index (χ1v) is 8.09. The van der Waals surface area contributed by atoms with E-state index in [1.165, 1.54) is 10.8 Å². The fourth-order valence-electron chi connectivity index (χ4n) is 2.60. The number of hydrogen-bond acceptors (Lipinski definition) is 4. The minimum atomic E-state index is -0.481. The molecule has 4 rings (SSSR count). The minimum Gasteiger partial charge on any atom is -0.290 e. The summed E-state index contributed by atoms with van der Waals surface area (Å²) in [5.74, 6) is 0. The van der Waals surface area contributed by atoms with Crippen LogP contribution in [0.4, 0.5) is 5.69 Å². The largest absolute Gasteiger partial charge is 0.290 e. The smallest absolute Gasteiger partial charge is 0.287 e. The lowest BCUT2D eigenvalue weighted by Crippen LogP contribution is -1.92. The molecule has 2 aromatic carbocycles. The molecule has 0 amide bonds. The van der Waals surface area contributed by atoms with E-state index in [-0.39, 0.29) is 10.7 Å². The monoisotopic (exact) mass is 343 g/mol. The highest BCUT2D eigenvalue weighted by molar-refractivity contribution is 7.23. The maximum Gasteiger partial charge on any atom is 0.287 e. The fraction of sp³-hybridized carbons (Fsp3) is 0.0625. The molecule has 0 unspecified atom stereocenters. The summed E-state index contributed by atoms with van der Waals surface area (Å²) in [5, 5.41) is 11.0. The molecule has 0 N–H and O–H groups in total. The topological polar surface area (TPSA) is 60.4 Å². The Balaban J connectivity index is 1.70. The summed E-state index contributed by atoms with van der Waals surface area (Å²) in [6, 6.07) is 12.9. The Morgan fingerprint density at radius 3 is 2.87 bits per heavy atom. The molecule has 0 saturated heterocycles. The van der Waals surface area contributed by atoms with Crippen molar-refractivity contribution in [2.75, 3.05) is 0 Å². The van der Waals surface area contributed by atoms with E-state index < -0.39 is 4.92 Å². The predicted octanol–water partition coefficient (Wildman–Crippen LogP) is 4.70. The van der Waals surface area contributed by atoms with Gasteiger partial charge in [0.2, 0.25) is 0 Å². The Bertz CT molecular complexity index is 1050. The zero-order chi connectivity index (χ0) is 16.0. The molecule has 0 bridgehead atoms. The second-order valence-corrected chi connectivity index (χ2v) is 6.59. The summed E-state index contributed by atoms with van der Waals surface area (Å²) in [4.78, 5) is 15.9. The molecule has 114 valence electrons. The van der Waals surface area contributed by atoms with Crippen LogP contribution in [0.2, 0.25) is 5.02 Å². The summed E-state index contributed by atoms with van der Waals surface area (Å²) >= 11 is 7.60. The first-order valence-electron chi connectivity index (χ1n) is 6.90. The van der Waals surface area contributed by atoms with Gasteiger partial charge in [0.05, 0.1) is 20.8 Å². The van der Waals surface area contributed by atoms with E-state index in [1.54, 1.807) is 23.5 Å². The molecule has 4 aromatic rings. The molecule has 0 atom stereocenters. The van der Waals surface area contributed by atoms with E-state index >= 15 is 0 Å².